The van der Waals surface area contributed by atoms with Crippen molar-refractivity contribution in [2.45, 2.75) is 45.6 Å². The van der Waals surface area contributed by atoms with Gasteiger partial charge >= 0.3 is 0 Å². The predicted octanol–water partition coefficient (Wildman–Crippen LogP) is 2.16. The summed E-state index contributed by atoms with van der Waals surface area (Å²) in [6.07, 6.45) is 5.36. The number of nitrogens with two attached hydrogens (primary N) is 1. The van der Waals surface area contributed by atoms with Crippen LogP contribution in [0.15, 0.2) is 0 Å². The molecule has 0 unspecified atom stereocenters. The van der Waals surface area contributed by atoms with Crippen LogP contribution in [0.1, 0.15) is 39.5 Å². The average Bonchev–Trinajstić information content (AvgIpc) is 1.88. The van der Waals surface area contributed by atoms with Crippen molar-refractivity contribution in [1.82, 2.24) is 0 Å². The van der Waals surface area contributed by atoms with Crippen molar-refractivity contribution in [3.8, 4) is 0 Å². The second-order valence-electron chi connectivity index (χ2n) is 3.86. The zero-order chi connectivity index (χ0) is 7.56. The first-order valence-corrected chi connectivity index (χ1v) is 4.47. The molecule has 0 heterocycles. The van der Waals surface area contributed by atoms with Gasteiger partial charge in [0.05, 0.1) is 0 Å². The van der Waals surface area contributed by atoms with Crippen LogP contribution in [0.5, 0.6) is 0 Å². The highest BCUT2D eigenvalue weighted by atomic mass is 14.7. The molecule has 0 aromatic rings. The Morgan fingerprint density at radius 1 is 1.20 bits per heavy atom. The van der Waals surface area contributed by atoms with Gasteiger partial charge in [-0.25, -0.2) is 0 Å². The molecule has 2 N–H and O–H groups in total. The van der Waals surface area contributed by atoms with Gasteiger partial charge in [-0.1, -0.05) is 26.7 Å². The topological polar surface area (TPSA) is 26.0 Å². The van der Waals surface area contributed by atoms with Gasteiger partial charge in [-0.3, -0.25) is 0 Å². The maximum Gasteiger partial charge on any atom is 0.00696 e. The summed E-state index contributed by atoms with van der Waals surface area (Å²) in [7, 11) is 0. The Hall–Kier alpha value is -0.0400. The van der Waals surface area contributed by atoms with Crippen LogP contribution in [0.4, 0.5) is 0 Å². The molecule has 0 bridgehead atoms. The van der Waals surface area contributed by atoms with Crippen molar-refractivity contribution in [2.24, 2.45) is 17.6 Å². The third kappa shape index (κ3) is 1.72. The molecule has 1 nitrogen and oxygen atoms in total. The molecule has 0 aromatic heterocycles. The largest absolute Gasteiger partial charge is 0.327 e. The van der Waals surface area contributed by atoms with Gasteiger partial charge in [0, 0.05) is 6.04 Å². The second kappa shape index (κ2) is 3.38. The first-order valence-electron chi connectivity index (χ1n) is 4.47. The zero-order valence-electron chi connectivity index (χ0n) is 7.14. The van der Waals surface area contributed by atoms with Gasteiger partial charge in [-0.15, -0.1) is 0 Å². The van der Waals surface area contributed by atoms with Gasteiger partial charge in [-0.2, -0.15) is 0 Å². The lowest BCUT2D eigenvalue weighted by Gasteiger charge is -2.31. The van der Waals surface area contributed by atoms with Gasteiger partial charge in [0.2, 0.25) is 0 Å². The van der Waals surface area contributed by atoms with E-state index in [1.165, 1.54) is 25.7 Å². The van der Waals surface area contributed by atoms with Crippen molar-refractivity contribution < 1.29 is 0 Å². The number of hydrogen-bond acceptors (Lipinski definition) is 1. The Balaban J connectivity index is 2.40. The van der Waals surface area contributed by atoms with E-state index < -0.39 is 0 Å². The van der Waals surface area contributed by atoms with Crippen LogP contribution in [0.3, 0.4) is 0 Å². The van der Waals surface area contributed by atoms with E-state index in [1.54, 1.807) is 0 Å². The Labute approximate surface area is 64.0 Å². The van der Waals surface area contributed by atoms with Gasteiger partial charge in [-0.05, 0) is 24.7 Å². The van der Waals surface area contributed by atoms with E-state index in [0.717, 1.165) is 11.8 Å². The van der Waals surface area contributed by atoms with E-state index in [1.807, 2.05) is 0 Å². The first kappa shape index (κ1) is 8.06. The lowest BCUT2D eigenvalue weighted by atomic mass is 9.78. The van der Waals surface area contributed by atoms with Crippen LogP contribution < -0.4 is 5.73 Å². The quantitative estimate of drug-likeness (QED) is 0.595. The van der Waals surface area contributed by atoms with E-state index in [4.69, 9.17) is 5.73 Å². The summed E-state index contributed by atoms with van der Waals surface area (Å²) in [5.41, 5.74) is 5.98. The van der Waals surface area contributed by atoms with Gasteiger partial charge in [0.1, 0.15) is 0 Å². The van der Waals surface area contributed by atoms with Crippen molar-refractivity contribution in [1.29, 1.82) is 0 Å². The van der Waals surface area contributed by atoms with Crippen LogP contribution in [0.25, 0.3) is 0 Å². The molecule has 0 saturated heterocycles. The molecule has 0 aliphatic heterocycles. The van der Waals surface area contributed by atoms with Crippen LogP contribution in [-0.2, 0) is 0 Å². The van der Waals surface area contributed by atoms with Gasteiger partial charge in [0.15, 0.2) is 0 Å². The molecule has 0 amide bonds. The Bertz CT molecular complexity index is 98.9. The Kier molecular flexibility index (Phi) is 2.72. The molecule has 1 rings (SSSR count). The number of rotatable bonds is 1. The van der Waals surface area contributed by atoms with Gasteiger partial charge in [0.25, 0.3) is 0 Å². The Morgan fingerprint density at radius 3 is 2.20 bits per heavy atom. The van der Waals surface area contributed by atoms with E-state index in [-0.39, 0.29) is 0 Å². The molecule has 1 aliphatic rings. The normalized spacial score (nSPS) is 34.8. The second-order valence-corrected chi connectivity index (χ2v) is 3.86. The third-order valence-corrected chi connectivity index (χ3v) is 2.73. The van der Waals surface area contributed by atoms with Crippen molar-refractivity contribution in [3.05, 3.63) is 0 Å². The van der Waals surface area contributed by atoms with Crippen molar-refractivity contribution in [3.63, 3.8) is 0 Å². The maximum atomic E-state index is 5.98. The zero-order valence-corrected chi connectivity index (χ0v) is 7.14. The summed E-state index contributed by atoms with van der Waals surface area (Å²) in [4.78, 5) is 0. The predicted molar refractivity (Wildman–Crippen MR) is 44.8 cm³/mol. The minimum atomic E-state index is 0.494. The molecule has 2 atom stereocenters. The standard InChI is InChI=1S/C9H19N/c1-7(2)8-5-3-4-6-9(8)10/h7-9H,3-6,10H2,1-2H3/t8-,9-/m0/s1. The van der Waals surface area contributed by atoms with Crippen LogP contribution in [-0.4, -0.2) is 6.04 Å². The summed E-state index contributed by atoms with van der Waals surface area (Å²) in [5, 5.41) is 0. The molecule has 0 aromatic carbocycles. The monoisotopic (exact) mass is 141 g/mol. The molecular weight excluding hydrogens is 122 g/mol. The Morgan fingerprint density at radius 2 is 1.80 bits per heavy atom. The molecule has 1 saturated carbocycles. The summed E-state index contributed by atoms with van der Waals surface area (Å²) >= 11 is 0. The fourth-order valence-corrected chi connectivity index (χ4v) is 2.02. The SMILES string of the molecule is CC(C)[C@@H]1CCCC[C@@H]1N. The first-order chi connectivity index (χ1) is 4.72. The number of hydrogen-bond donors (Lipinski definition) is 1. The summed E-state index contributed by atoms with van der Waals surface area (Å²) in [6, 6.07) is 0.494. The lowest BCUT2D eigenvalue weighted by Crippen LogP contribution is -2.35. The summed E-state index contributed by atoms with van der Waals surface area (Å²) in [5.74, 6) is 1.59. The average molecular weight is 141 g/mol. The highest BCUT2D eigenvalue weighted by molar-refractivity contribution is 4.79. The summed E-state index contributed by atoms with van der Waals surface area (Å²) < 4.78 is 0. The fourth-order valence-electron chi connectivity index (χ4n) is 2.02. The summed E-state index contributed by atoms with van der Waals surface area (Å²) in [6.45, 7) is 4.58. The third-order valence-electron chi connectivity index (χ3n) is 2.73. The van der Waals surface area contributed by atoms with Crippen LogP contribution >= 0.6 is 0 Å². The lowest BCUT2D eigenvalue weighted by molar-refractivity contribution is 0.240. The van der Waals surface area contributed by atoms with Crippen molar-refractivity contribution in [2.75, 3.05) is 0 Å². The molecule has 0 spiro atoms. The molecule has 1 aliphatic carbocycles. The molecule has 0 radical (unpaired) electrons. The van der Waals surface area contributed by atoms with E-state index >= 15 is 0 Å². The molecular formula is C9H19N. The highest BCUT2D eigenvalue weighted by Crippen LogP contribution is 2.28. The molecule has 1 heteroatoms. The maximum absolute atomic E-state index is 5.98. The smallest absolute Gasteiger partial charge is 0.00696 e. The van der Waals surface area contributed by atoms with Crippen LogP contribution in [0, 0.1) is 11.8 Å². The minimum absolute atomic E-state index is 0.494. The van der Waals surface area contributed by atoms with E-state index in [2.05, 4.69) is 13.8 Å². The highest BCUT2D eigenvalue weighted by Gasteiger charge is 2.23. The van der Waals surface area contributed by atoms with Gasteiger partial charge < -0.3 is 5.73 Å². The van der Waals surface area contributed by atoms with E-state index in [0.29, 0.717) is 6.04 Å². The van der Waals surface area contributed by atoms with E-state index in [9.17, 15) is 0 Å². The molecule has 10 heavy (non-hydrogen) atoms. The molecule has 60 valence electrons. The minimum Gasteiger partial charge on any atom is -0.327 e. The fraction of sp³-hybridized carbons (Fsp3) is 1.00. The van der Waals surface area contributed by atoms with Crippen molar-refractivity contribution >= 4 is 0 Å². The molecule has 1 fully saturated rings. The van der Waals surface area contributed by atoms with Crippen LogP contribution in [0.2, 0.25) is 0 Å².